The maximum absolute atomic E-state index is 10.4. The molecule has 0 amide bonds. The maximum atomic E-state index is 10.4. The van der Waals surface area contributed by atoms with E-state index in [1.54, 1.807) is 7.05 Å². The highest BCUT2D eigenvalue weighted by Crippen LogP contribution is 2.13. The van der Waals surface area contributed by atoms with Gasteiger partial charge < -0.3 is 4.74 Å². The summed E-state index contributed by atoms with van der Waals surface area (Å²) in [5.74, 6) is 0.530. The number of nitrogens with zero attached hydrogens (tertiary/aromatic N) is 2. The molecule has 4 heteroatoms. The summed E-state index contributed by atoms with van der Waals surface area (Å²) < 4.78 is 6.70. The van der Waals surface area contributed by atoms with Crippen molar-refractivity contribution in [1.29, 1.82) is 0 Å². The predicted octanol–water partition coefficient (Wildman–Crippen LogP) is 0.631. The van der Waals surface area contributed by atoms with Crippen LogP contribution in [0.2, 0.25) is 0 Å². The van der Waals surface area contributed by atoms with Gasteiger partial charge in [-0.3, -0.25) is 4.79 Å². The number of ether oxygens (including phenoxy) is 1. The molecule has 1 heterocycles. The summed E-state index contributed by atoms with van der Waals surface area (Å²) in [6, 6.07) is 0. The molecule has 0 aliphatic carbocycles. The van der Waals surface area contributed by atoms with Gasteiger partial charge in [0.15, 0.2) is 6.29 Å². The fraction of sp³-hybridized carbons (Fsp3) is 0.429. The molecule has 1 aromatic heterocycles. The van der Waals surface area contributed by atoms with Crippen LogP contribution in [0.3, 0.4) is 0 Å². The highest BCUT2D eigenvalue weighted by Gasteiger charge is 2.06. The second-order valence-corrected chi connectivity index (χ2v) is 2.08. The van der Waals surface area contributed by atoms with Crippen LogP contribution in [0, 0.1) is 0 Å². The third-order valence-corrected chi connectivity index (χ3v) is 1.32. The van der Waals surface area contributed by atoms with Crippen LogP contribution in [-0.4, -0.2) is 22.7 Å². The lowest BCUT2D eigenvalue weighted by atomic mass is 10.4. The Morgan fingerprint density at radius 1 is 1.82 bits per heavy atom. The number of aryl methyl sites for hydroxylation is 1. The molecule has 0 unspecified atom stereocenters. The minimum absolute atomic E-state index is 0.495. The first-order chi connectivity index (χ1) is 5.29. The molecule has 0 bridgehead atoms. The summed E-state index contributed by atoms with van der Waals surface area (Å²) in [7, 11) is 1.73. The average Bonchev–Trinajstić information content (AvgIpc) is 2.34. The van der Waals surface area contributed by atoms with E-state index in [4.69, 9.17) is 4.74 Å². The molecule has 0 atom stereocenters. The number of hydrogen-bond acceptors (Lipinski definition) is 3. The first kappa shape index (κ1) is 7.78. The molecule has 0 N–H and O–H groups in total. The molecule has 0 aliphatic heterocycles. The van der Waals surface area contributed by atoms with Crippen LogP contribution in [0.5, 0.6) is 5.88 Å². The summed E-state index contributed by atoms with van der Waals surface area (Å²) in [5.41, 5.74) is 0.495. The molecule has 0 saturated heterocycles. The van der Waals surface area contributed by atoms with Crippen molar-refractivity contribution in [3.63, 3.8) is 0 Å². The van der Waals surface area contributed by atoms with Gasteiger partial charge >= 0.3 is 0 Å². The van der Waals surface area contributed by atoms with Crippen molar-refractivity contribution < 1.29 is 9.53 Å². The fourth-order valence-corrected chi connectivity index (χ4v) is 0.838. The van der Waals surface area contributed by atoms with Crippen LogP contribution < -0.4 is 4.74 Å². The third kappa shape index (κ3) is 1.39. The van der Waals surface area contributed by atoms with Crippen molar-refractivity contribution in [2.24, 2.45) is 7.05 Å². The summed E-state index contributed by atoms with van der Waals surface area (Å²) in [4.78, 5) is 10.4. The Morgan fingerprint density at radius 3 is 3.09 bits per heavy atom. The molecular weight excluding hydrogens is 144 g/mol. The van der Waals surface area contributed by atoms with Crippen LogP contribution in [0.15, 0.2) is 6.20 Å². The number of carbonyl (C=O) groups excluding carboxylic acids is 1. The van der Waals surface area contributed by atoms with Gasteiger partial charge in [-0.1, -0.05) is 0 Å². The smallest absolute Gasteiger partial charge is 0.222 e. The van der Waals surface area contributed by atoms with E-state index in [0.717, 1.165) is 6.29 Å². The van der Waals surface area contributed by atoms with Crippen molar-refractivity contribution >= 4 is 6.29 Å². The lowest BCUT2D eigenvalue weighted by Crippen LogP contribution is -2.00. The molecule has 1 aromatic rings. The topological polar surface area (TPSA) is 44.1 Å². The van der Waals surface area contributed by atoms with Gasteiger partial charge in [-0.2, -0.15) is 5.10 Å². The van der Waals surface area contributed by atoms with Gasteiger partial charge in [-0.25, -0.2) is 4.68 Å². The lowest BCUT2D eigenvalue weighted by Gasteiger charge is -2.02. The lowest BCUT2D eigenvalue weighted by molar-refractivity contribution is 0.111. The van der Waals surface area contributed by atoms with Crippen LogP contribution in [0.1, 0.15) is 17.3 Å². The molecule has 4 nitrogen and oxygen atoms in total. The Bertz CT molecular complexity index is 255. The number of aldehydes is 1. The Balaban J connectivity index is 2.97. The number of carbonyl (C=O) groups is 1. The molecule has 0 fully saturated rings. The van der Waals surface area contributed by atoms with Crippen molar-refractivity contribution in [3.8, 4) is 5.88 Å². The molecule has 60 valence electrons. The Kier molecular flexibility index (Phi) is 2.25. The van der Waals surface area contributed by atoms with Gasteiger partial charge in [-0.05, 0) is 6.92 Å². The molecule has 0 saturated carbocycles. The van der Waals surface area contributed by atoms with E-state index < -0.39 is 0 Å². The molecular formula is C7H10N2O2. The standard InChI is InChI=1S/C7H10N2O2/c1-3-11-7-6(5-10)4-8-9(7)2/h4-5H,3H2,1-2H3. The largest absolute Gasteiger partial charge is 0.478 e. The van der Waals surface area contributed by atoms with Crippen LogP contribution >= 0.6 is 0 Å². The van der Waals surface area contributed by atoms with E-state index >= 15 is 0 Å². The maximum Gasteiger partial charge on any atom is 0.222 e. The van der Waals surface area contributed by atoms with Crippen LogP contribution in [-0.2, 0) is 7.05 Å². The monoisotopic (exact) mass is 154 g/mol. The van der Waals surface area contributed by atoms with E-state index in [2.05, 4.69) is 5.10 Å². The predicted molar refractivity (Wildman–Crippen MR) is 39.8 cm³/mol. The van der Waals surface area contributed by atoms with Crippen molar-refractivity contribution in [2.45, 2.75) is 6.92 Å². The highest BCUT2D eigenvalue weighted by molar-refractivity contribution is 5.77. The number of rotatable bonds is 3. The Labute approximate surface area is 64.8 Å². The second-order valence-electron chi connectivity index (χ2n) is 2.08. The molecule has 1 rings (SSSR count). The number of hydrogen-bond donors (Lipinski definition) is 0. The normalized spacial score (nSPS) is 9.64. The van der Waals surface area contributed by atoms with E-state index in [1.165, 1.54) is 10.9 Å². The SMILES string of the molecule is CCOc1c(C=O)cnn1C. The van der Waals surface area contributed by atoms with Crippen LogP contribution in [0.25, 0.3) is 0 Å². The first-order valence-electron chi connectivity index (χ1n) is 3.39. The van der Waals surface area contributed by atoms with Crippen molar-refractivity contribution in [3.05, 3.63) is 11.8 Å². The summed E-state index contributed by atoms with van der Waals surface area (Å²) in [5, 5.41) is 3.87. The van der Waals surface area contributed by atoms with E-state index in [9.17, 15) is 4.79 Å². The van der Waals surface area contributed by atoms with Gasteiger partial charge in [0.2, 0.25) is 5.88 Å². The summed E-state index contributed by atoms with van der Waals surface area (Å²) >= 11 is 0. The van der Waals surface area contributed by atoms with Gasteiger partial charge in [0.1, 0.15) is 0 Å². The number of aromatic nitrogens is 2. The molecule has 0 radical (unpaired) electrons. The van der Waals surface area contributed by atoms with E-state index in [0.29, 0.717) is 18.1 Å². The summed E-state index contributed by atoms with van der Waals surface area (Å²) in [6.45, 7) is 2.40. The molecule has 0 aromatic carbocycles. The van der Waals surface area contributed by atoms with Gasteiger partial charge in [0.25, 0.3) is 0 Å². The van der Waals surface area contributed by atoms with E-state index in [-0.39, 0.29) is 0 Å². The third-order valence-electron chi connectivity index (χ3n) is 1.32. The minimum Gasteiger partial charge on any atom is -0.478 e. The second kappa shape index (κ2) is 3.18. The minimum atomic E-state index is 0.495. The average molecular weight is 154 g/mol. The fourth-order valence-electron chi connectivity index (χ4n) is 0.838. The Morgan fingerprint density at radius 2 is 2.55 bits per heavy atom. The molecule has 11 heavy (non-hydrogen) atoms. The molecule has 0 spiro atoms. The molecule has 0 aliphatic rings. The van der Waals surface area contributed by atoms with Crippen molar-refractivity contribution in [2.75, 3.05) is 6.61 Å². The zero-order chi connectivity index (χ0) is 8.27. The van der Waals surface area contributed by atoms with Gasteiger partial charge in [0.05, 0.1) is 18.4 Å². The quantitative estimate of drug-likeness (QED) is 0.600. The summed E-state index contributed by atoms with van der Waals surface area (Å²) in [6.07, 6.45) is 2.22. The Hall–Kier alpha value is -1.32. The first-order valence-corrected chi connectivity index (χ1v) is 3.39. The highest BCUT2D eigenvalue weighted by atomic mass is 16.5. The zero-order valence-electron chi connectivity index (χ0n) is 6.57. The van der Waals surface area contributed by atoms with E-state index in [1.807, 2.05) is 6.92 Å². The zero-order valence-corrected chi connectivity index (χ0v) is 6.57. The van der Waals surface area contributed by atoms with Gasteiger partial charge in [0, 0.05) is 7.05 Å². The van der Waals surface area contributed by atoms with Crippen LogP contribution in [0.4, 0.5) is 0 Å². The van der Waals surface area contributed by atoms with Crippen molar-refractivity contribution in [1.82, 2.24) is 9.78 Å². The van der Waals surface area contributed by atoms with Gasteiger partial charge in [-0.15, -0.1) is 0 Å².